The van der Waals surface area contributed by atoms with Gasteiger partial charge in [0.2, 0.25) is 0 Å². The maximum atomic E-state index is 11.9. The summed E-state index contributed by atoms with van der Waals surface area (Å²) in [4.78, 5) is 26.4. The Morgan fingerprint density at radius 1 is 1.35 bits per heavy atom. The number of carboxylic acids is 1. The third-order valence-electron chi connectivity index (χ3n) is 3.17. The molecule has 9 nitrogen and oxygen atoms in total. The summed E-state index contributed by atoms with van der Waals surface area (Å²) in [5, 5.41) is 18.7. The van der Waals surface area contributed by atoms with Crippen LogP contribution >= 0.6 is 0 Å². The van der Waals surface area contributed by atoms with Crippen LogP contribution in [0.1, 0.15) is 10.5 Å². The summed E-state index contributed by atoms with van der Waals surface area (Å²) < 4.78 is 1.40. The second-order valence-corrected chi connectivity index (χ2v) is 4.69. The fraction of sp³-hybridized carbons (Fsp3) is 0.636. The molecule has 1 aliphatic rings. The van der Waals surface area contributed by atoms with Gasteiger partial charge in [-0.3, -0.25) is 0 Å². The Hall–Kier alpha value is -2.16. The number of aromatic carboxylic acids is 1. The number of hydrogen-bond acceptors (Lipinski definition) is 5. The van der Waals surface area contributed by atoms with Gasteiger partial charge >= 0.3 is 12.0 Å². The monoisotopic (exact) mass is 282 g/mol. The van der Waals surface area contributed by atoms with Crippen molar-refractivity contribution in [1.82, 2.24) is 30.1 Å². The van der Waals surface area contributed by atoms with Gasteiger partial charge in [-0.25, -0.2) is 14.3 Å². The summed E-state index contributed by atoms with van der Waals surface area (Å²) >= 11 is 0. The normalized spacial score (nSPS) is 16.1. The van der Waals surface area contributed by atoms with Crippen LogP contribution in [0, 0.1) is 0 Å². The van der Waals surface area contributed by atoms with E-state index in [9.17, 15) is 9.59 Å². The van der Waals surface area contributed by atoms with Gasteiger partial charge in [0.05, 0.1) is 12.7 Å². The smallest absolute Gasteiger partial charge is 0.358 e. The number of hydrogen-bond donors (Lipinski definition) is 2. The lowest BCUT2D eigenvalue weighted by molar-refractivity contribution is 0.0690. The minimum Gasteiger partial charge on any atom is -0.476 e. The molecule has 0 spiro atoms. The molecule has 2 rings (SSSR count). The Balaban J connectivity index is 1.72. The third kappa shape index (κ3) is 3.67. The van der Waals surface area contributed by atoms with Gasteiger partial charge in [-0.1, -0.05) is 5.21 Å². The van der Waals surface area contributed by atoms with Crippen molar-refractivity contribution in [3.8, 4) is 0 Å². The van der Waals surface area contributed by atoms with Crippen LogP contribution in [0.2, 0.25) is 0 Å². The second-order valence-electron chi connectivity index (χ2n) is 4.69. The highest BCUT2D eigenvalue weighted by atomic mass is 16.4. The molecule has 20 heavy (non-hydrogen) atoms. The first kappa shape index (κ1) is 14.3. The quantitative estimate of drug-likeness (QED) is 0.729. The Morgan fingerprint density at radius 3 is 2.65 bits per heavy atom. The topological polar surface area (TPSA) is 104 Å². The van der Waals surface area contributed by atoms with Crippen LogP contribution in [0.3, 0.4) is 0 Å². The van der Waals surface area contributed by atoms with Gasteiger partial charge < -0.3 is 20.2 Å². The molecule has 1 fully saturated rings. The Labute approximate surface area is 116 Å². The fourth-order valence-corrected chi connectivity index (χ4v) is 1.90. The van der Waals surface area contributed by atoms with Crippen molar-refractivity contribution in [1.29, 1.82) is 0 Å². The minimum atomic E-state index is -1.11. The summed E-state index contributed by atoms with van der Waals surface area (Å²) in [5.41, 5.74) is -0.101. The number of amides is 2. The van der Waals surface area contributed by atoms with Crippen LogP contribution in [-0.2, 0) is 6.54 Å². The van der Waals surface area contributed by atoms with E-state index in [1.807, 2.05) is 7.05 Å². The summed E-state index contributed by atoms with van der Waals surface area (Å²) in [6, 6.07) is -0.100. The molecule has 0 saturated carbocycles. The average molecular weight is 282 g/mol. The van der Waals surface area contributed by atoms with Crippen LogP contribution in [0.15, 0.2) is 6.20 Å². The highest BCUT2D eigenvalue weighted by Gasteiger charge is 2.18. The molecule has 0 radical (unpaired) electrons. The van der Waals surface area contributed by atoms with Gasteiger partial charge in [-0.05, 0) is 7.05 Å². The van der Waals surface area contributed by atoms with Crippen molar-refractivity contribution in [2.45, 2.75) is 6.54 Å². The van der Waals surface area contributed by atoms with Gasteiger partial charge in [0, 0.05) is 32.7 Å². The number of aromatic nitrogens is 3. The molecule has 110 valence electrons. The first-order valence-corrected chi connectivity index (χ1v) is 6.41. The van der Waals surface area contributed by atoms with E-state index in [-0.39, 0.29) is 11.7 Å². The number of carbonyl (C=O) groups is 2. The number of rotatable bonds is 4. The van der Waals surface area contributed by atoms with E-state index < -0.39 is 5.97 Å². The highest BCUT2D eigenvalue weighted by Crippen LogP contribution is 1.99. The predicted molar refractivity (Wildman–Crippen MR) is 69.5 cm³/mol. The van der Waals surface area contributed by atoms with Crippen molar-refractivity contribution < 1.29 is 14.7 Å². The van der Waals surface area contributed by atoms with Crippen LogP contribution in [0.5, 0.6) is 0 Å². The van der Waals surface area contributed by atoms with E-state index in [1.165, 1.54) is 10.9 Å². The van der Waals surface area contributed by atoms with E-state index in [4.69, 9.17) is 5.11 Å². The zero-order valence-electron chi connectivity index (χ0n) is 11.3. The number of urea groups is 1. The number of carbonyl (C=O) groups excluding carboxylic acids is 1. The highest BCUT2D eigenvalue weighted by molar-refractivity contribution is 5.84. The van der Waals surface area contributed by atoms with Crippen molar-refractivity contribution in [2.24, 2.45) is 0 Å². The fourth-order valence-electron chi connectivity index (χ4n) is 1.90. The average Bonchev–Trinajstić information content (AvgIpc) is 2.88. The largest absolute Gasteiger partial charge is 0.476 e. The van der Waals surface area contributed by atoms with E-state index in [1.54, 1.807) is 4.90 Å². The molecule has 1 aromatic heterocycles. The van der Waals surface area contributed by atoms with Crippen molar-refractivity contribution in [3.05, 3.63) is 11.9 Å². The molecular weight excluding hydrogens is 264 g/mol. The van der Waals surface area contributed by atoms with E-state index in [0.29, 0.717) is 13.1 Å². The molecule has 0 aromatic carbocycles. The van der Waals surface area contributed by atoms with Gasteiger partial charge in [0.1, 0.15) is 0 Å². The van der Waals surface area contributed by atoms with E-state index in [2.05, 4.69) is 20.5 Å². The molecule has 0 atom stereocenters. The first-order chi connectivity index (χ1) is 9.56. The third-order valence-corrected chi connectivity index (χ3v) is 3.17. The number of nitrogens with one attached hydrogen (secondary N) is 1. The molecule has 2 N–H and O–H groups in total. The summed E-state index contributed by atoms with van der Waals surface area (Å²) in [6.07, 6.45) is 1.34. The van der Waals surface area contributed by atoms with Crippen molar-refractivity contribution >= 4 is 12.0 Å². The molecule has 0 aliphatic carbocycles. The lowest BCUT2D eigenvalue weighted by atomic mass is 10.3. The number of likely N-dealkylation sites (N-methyl/N-ethyl adjacent to an activating group) is 1. The number of piperazine rings is 1. The van der Waals surface area contributed by atoms with Gasteiger partial charge in [-0.15, -0.1) is 5.10 Å². The van der Waals surface area contributed by atoms with Crippen LogP contribution < -0.4 is 5.32 Å². The molecule has 2 amide bonds. The van der Waals surface area contributed by atoms with E-state index in [0.717, 1.165) is 26.2 Å². The standard InChI is InChI=1S/C11H18N6O3/c1-15-4-6-16(7-5-15)11(20)12-2-3-17-8-9(10(18)19)13-14-17/h8H,2-7H2,1H3,(H,12,20)(H,18,19). The van der Waals surface area contributed by atoms with Crippen LogP contribution in [0.4, 0.5) is 4.79 Å². The molecule has 2 heterocycles. The molecular formula is C11H18N6O3. The molecule has 1 aliphatic heterocycles. The molecule has 1 aromatic rings. The molecule has 1 saturated heterocycles. The lowest BCUT2D eigenvalue weighted by Crippen LogP contribution is -2.51. The summed E-state index contributed by atoms with van der Waals surface area (Å²) in [6.45, 7) is 3.95. The zero-order valence-corrected chi connectivity index (χ0v) is 11.3. The second kappa shape index (κ2) is 6.33. The Bertz CT molecular complexity index is 480. The molecule has 9 heteroatoms. The lowest BCUT2D eigenvalue weighted by Gasteiger charge is -2.32. The maximum Gasteiger partial charge on any atom is 0.358 e. The Morgan fingerprint density at radius 2 is 2.05 bits per heavy atom. The number of nitrogens with zero attached hydrogens (tertiary/aromatic N) is 5. The SMILES string of the molecule is CN1CCN(C(=O)NCCn2cc(C(=O)O)nn2)CC1. The predicted octanol–water partition coefficient (Wildman–Crippen LogP) is -1.07. The van der Waals surface area contributed by atoms with E-state index >= 15 is 0 Å². The van der Waals surface area contributed by atoms with Crippen LogP contribution in [-0.4, -0.2) is 81.7 Å². The maximum absolute atomic E-state index is 11.9. The first-order valence-electron chi connectivity index (χ1n) is 6.41. The summed E-state index contributed by atoms with van der Waals surface area (Å²) in [7, 11) is 2.03. The number of carboxylic acid groups (broad SMARTS) is 1. The molecule has 0 bridgehead atoms. The van der Waals surface area contributed by atoms with Gasteiger partial charge in [0.15, 0.2) is 5.69 Å². The molecule has 0 unspecified atom stereocenters. The van der Waals surface area contributed by atoms with Crippen LogP contribution in [0.25, 0.3) is 0 Å². The van der Waals surface area contributed by atoms with Crippen molar-refractivity contribution in [3.63, 3.8) is 0 Å². The van der Waals surface area contributed by atoms with Gasteiger partial charge in [0.25, 0.3) is 0 Å². The minimum absolute atomic E-state index is 0.100. The van der Waals surface area contributed by atoms with Gasteiger partial charge in [-0.2, -0.15) is 0 Å². The Kier molecular flexibility index (Phi) is 4.51. The van der Waals surface area contributed by atoms with Crippen molar-refractivity contribution in [2.75, 3.05) is 39.8 Å². The summed E-state index contributed by atoms with van der Waals surface area (Å²) in [5.74, 6) is -1.11. The zero-order chi connectivity index (χ0) is 14.5.